The van der Waals surface area contributed by atoms with Gasteiger partial charge in [0.25, 0.3) is 0 Å². The SMILES string of the molecule is O=C(ON1CC=C(c2cccc(C(F)(F)F)c2)CC1)C(F)(F)F. The van der Waals surface area contributed by atoms with Gasteiger partial charge in [0.2, 0.25) is 0 Å². The summed E-state index contributed by atoms with van der Waals surface area (Å²) in [6, 6.07) is 4.65. The zero-order valence-electron chi connectivity index (χ0n) is 11.5. The third-order valence-corrected chi connectivity index (χ3v) is 3.18. The lowest BCUT2D eigenvalue weighted by atomic mass is 9.98. The van der Waals surface area contributed by atoms with Crippen molar-refractivity contribution in [1.82, 2.24) is 5.06 Å². The van der Waals surface area contributed by atoms with Crippen LogP contribution in [0.4, 0.5) is 26.3 Å². The molecule has 1 heterocycles. The van der Waals surface area contributed by atoms with Crippen molar-refractivity contribution in [3.05, 3.63) is 41.5 Å². The van der Waals surface area contributed by atoms with Gasteiger partial charge in [-0.1, -0.05) is 18.2 Å². The molecule has 3 nitrogen and oxygen atoms in total. The largest absolute Gasteiger partial charge is 0.492 e. The summed E-state index contributed by atoms with van der Waals surface area (Å²) in [6.45, 7) is -0.169. The fourth-order valence-electron chi connectivity index (χ4n) is 2.06. The van der Waals surface area contributed by atoms with E-state index in [1.165, 1.54) is 18.2 Å². The maximum absolute atomic E-state index is 12.7. The van der Waals surface area contributed by atoms with Gasteiger partial charge >= 0.3 is 18.3 Å². The molecule has 0 unspecified atom stereocenters. The minimum Gasteiger partial charge on any atom is -0.360 e. The highest BCUT2D eigenvalue weighted by atomic mass is 19.4. The van der Waals surface area contributed by atoms with Crippen molar-refractivity contribution >= 4 is 11.5 Å². The van der Waals surface area contributed by atoms with Crippen LogP contribution in [-0.2, 0) is 15.8 Å². The standard InChI is InChI=1S/C14H11F6NO2/c15-13(16,17)11-3-1-2-10(8-11)9-4-6-21(7-5-9)23-12(22)14(18,19)20/h1-4,8H,5-7H2. The van der Waals surface area contributed by atoms with Gasteiger partial charge in [-0.3, -0.25) is 0 Å². The molecule has 0 spiro atoms. The topological polar surface area (TPSA) is 29.5 Å². The molecular formula is C14H11F6NO2. The van der Waals surface area contributed by atoms with Gasteiger partial charge < -0.3 is 4.84 Å². The first kappa shape index (κ1) is 17.3. The zero-order chi connectivity index (χ0) is 17.3. The summed E-state index contributed by atoms with van der Waals surface area (Å²) in [5.74, 6) is -2.33. The van der Waals surface area contributed by atoms with Gasteiger partial charge in [0.05, 0.1) is 12.1 Å². The summed E-state index contributed by atoms with van der Waals surface area (Å²) in [5, 5.41) is 0.812. The van der Waals surface area contributed by atoms with Crippen LogP contribution < -0.4 is 0 Å². The van der Waals surface area contributed by atoms with E-state index in [1.807, 2.05) is 0 Å². The van der Waals surface area contributed by atoms with E-state index in [0.717, 1.165) is 17.2 Å². The number of rotatable bonds is 2. The fraction of sp³-hybridized carbons (Fsp3) is 0.357. The number of alkyl halides is 6. The maximum atomic E-state index is 12.7. The Kier molecular flexibility index (Phi) is 4.69. The predicted octanol–water partition coefficient (Wildman–Crippen LogP) is 3.82. The Bertz CT molecular complexity index is 620. The number of hydrogen-bond donors (Lipinski definition) is 0. The van der Waals surface area contributed by atoms with E-state index in [0.29, 0.717) is 11.1 Å². The Morgan fingerprint density at radius 2 is 1.83 bits per heavy atom. The highest BCUT2D eigenvalue weighted by Crippen LogP contribution is 2.32. The Labute approximate surface area is 127 Å². The van der Waals surface area contributed by atoms with Crippen molar-refractivity contribution in [3.8, 4) is 0 Å². The second kappa shape index (κ2) is 6.23. The number of carbonyl (C=O) groups excluding carboxylic acids is 1. The molecule has 0 radical (unpaired) electrons. The lowest BCUT2D eigenvalue weighted by molar-refractivity contribution is -0.237. The molecule has 1 aliphatic rings. The normalized spacial score (nSPS) is 16.9. The molecule has 0 atom stereocenters. The summed E-state index contributed by atoms with van der Waals surface area (Å²) < 4.78 is 74.2. The minimum absolute atomic E-state index is 0.0378. The molecule has 126 valence electrons. The van der Waals surface area contributed by atoms with E-state index in [9.17, 15) is 31.1 Å². The molecule has 0 fully saturated rings. The number of benzene rings is 1. The van der Waals surface area contributed by atoms with Gasteiger partial charge in [0.1, 0.15) is 0 Å². The lowest BCUT2D eigenvalue weighted by Gasteiger charge is -2.25. The molecule has 0 saturated carbocycles. The Balaban J connectivity index is 2.06. The maximum Gasteiger partial charge on any atom is 0.492 e. The number of nitrogens with zero attached hydrogens (tertiary/aromatic N) is 1. The molecule has 1 aromatic rings. The molecule has 0 aromatic heterocycles. The van der Waals surface area contributed by atoms with Crippen molar-refractivity contribution in [2.24, 2.45) is 0 Å². The van der Waals surface area contributed by atoms with Crippen LogP contribution in [0.2, 0.25) is 0 Å². The van der Waals surface area contributed by atoms with Crippen LogP contribution in [0.5, 0.6) is 0 Å². The molecule has 1 aliphatic heterocycles. The fourth-order valence-corrected chi connectivity index (χ4v) is 2.06. The Morgan fingerprint density at radius 1 is 1.13 bits per heavy atom. The number of hydroxylamine groups is 2. The molecule has 0 amide bonds. The van der Waals surface area contributed by atoms with E-state index in [-0.39, 0.29) is 19.5 Å². The molecular weight excluding hydrogens is 328 g/mol. The van der Waals surface area contributed by atoms with E-state index < -0.39 is 23.9 Å². The van der Waals surface area contributed by atoms with Gasteiger partial charge in [0, 0.05) is 6.54 Å². The summed E-state index contributed by atoms with van der Waals surface area (Å²) in [7, 11) is 0. The number of carbonyl (C=O) groups is 1. The van der Waals surface area contributed by atoms with Crippen molar-refractivity contribution in [2.75, 3.05) is 13.1 Å². The van der Waals surface area contributed by atoms with Crippen LogP contribution in [-0.4, -0.2) is 30.3 Å². The monoisotopic (exact) mass is 339 g/mol. The van der Waals surface area contributed by atoms with Crippen LogP contribution in [0.15, 0.2) is 30.3 Å². The van der Waals surface area contributed by atoms with Crippen LogP contribution in [0.1, 0.15) is 17.5 Å². The van der Waals surface area contributed by atoms with Crippen molar-refractivity contribution in [2.45, 2.75) is 18.8 Å². The van der Waals surface area contributed by atoms with E-state index in [1.54, 1.807) is 0 Å². The first-order valence-corrected chi connectivity index (χ1v) is 6.48. The quantitative estimate of drug-likeness (QED) is 0.768. The molecule has 0 aliphatic carbocycles. The molecule has 9 heteroatoms. The van der Waals surface area contributed by atoms with Crippen LogP contribution >= 0.6 is 0 Å². The summed E-state index contributed by atoms with van der Waals surface area (Å²) in [4.78, 5) is 14.9. The average molecular weight is 339 g/mol. The molecule has 23 heavy (non-hydrogen) atoms. The van der Waals surface area contributed by atoms with E-state index >= 15 is 0 Å². The van der Waals surface area contributed by atoms with E-state index in [2.05, 4.69) is 4.84 Å². The molecule has 2 rings (SSSR count). The van der Waals surface area contributed by atoms with Crippen molar-refractivity contribution in [3.63, 3.8) is 0 Å². The average Bonchev–Trinajstić information content (AvgIpc) is 2.46. The van der Waals surface area contributed by atoms with Crippen LogP contribution in [0, 0.1) is 0 Å². The smallest absolute Gasteiger partial charge is 0.360 e. The van der Waals surface area contributed by atoms with Gasteiger partial charge in [-0.2, -0.15) is 26.3 Å². The van der Waals surface area contributed by atoms with Gasteiger partial charge in [-0.25, -0.2) is 4.79 Å². The Morgan fingerprint density at radius 3 is 2.35 bits per heavy atom. The molecule has 1 aromatic carbocycles. The zero-order valence-corrected chi connectivity index (χ0v) is 11.5. The predicted molar refractivity (Wildman–Crippen MR) is 67.8 cm³/mol. The molecule has 0 saturated heterocycles. The van der Waals surface area contributed by atoms with Crippen LogP contribution in [0.25, 0.3) is 5.57 Å². The summed E-state index contributed by atoms with van der Waals surface area (Å²) in [6.07, 6.45) is -7.97. The molecule has 0 bridgehead atoms. The third kappa shape index (κ3) is 4.47. The minimum atomic E-state index is -5.09. The van der Waals surface area contributed by atoms with Gasteiger partial charge in [-0.05, 0) is 29.7 Å². The lowest BCUT2D eigenvalue weighted by Crippen LogP contribution is -2.37. The number of hydrogen-bond acceptors (Lipinski definition) is 3. The van der Waals surface area contributed by atoms with Crippen LogP contribution in [0.3, 0.4) is 0 Å². The summed E-state index contributed by atoms with van der Waals surface area (Å²) in [5.41, 5.74) is 0.0823. The Hall–Kier alpha value is -2.03. The van der Waals surface area contributed by atoms with E-state index in [4.69, 9.17) is 0 Å². The molecule has 0 N–H and O–H groups in total. The second-order valence-corrected chi connectivity index (χ2v) is 4.82. The first-order valence-electron chi connectivity index (χ1n) is 6.48. The van der Waals surface area contributed by atoms with Gasteiger partial charge in [0.15, 0.2) is 0 Å². The van der Waals surface area contributed by atoms with Crippen molar-refractivity contribution in [1.29, 1.82) is 0 Å². The van der Waals surface area contributed by atoms with Gasteiger partial charge in [-0.15, -0.1) is 5.06 Å². The highest BCUT2D eigenvalue weighted by molar-refractivity contribution is 5.75. The first-order chi connectivity index (χ1) is 10.6. The number of halogens is 6. The summed E-state index contributed by atoms with van der Waals surface area (Å²) >= 11 is 0. The third-order valence-electron chi connectivity index (χ3n) is 3.18. The second-order valence-electron chi connectivity index (χ2n) is 4.82. The highest BCUT2D eigenvalue weighted by Gasteiger charge is 2.42. The van der Waals surface area contributed by atoms with Crippen molar-refractivity contribution < 1.29 is 36.0 Å².